The van der Waals surface area contributed by atoms with Gasteiger partial charge < -0.3 is 14.6 Å². The van der Waals surface area contributed by atoms with Gasteiger partial charge in [-0.1, -0.05) is 77.3 Å². The Labute approximate surface area is 242 Å². The summed E-state index contributed by atoms with van der Waals surface area (Å²) in [6, 6.07) is 25.3. The summed E-state index contributed by atoms with van der Waals surface area (Å²) in [5.74, 6) is 0.434. The van der Waals surface area contributed by atoms with E-state index in [9.17, 15) is 9.90 Å². The number of carbonyl (C=O) groups is 1. The molecule has 0 spiro atoms. The van der Waals surface area contributed by atoms with Crippen LogP contribution in [0.2, 0.25) is 15.1 Å². The van der Waals surface area contributed by atoms with Crippen LogP contribution in [-0.2, 0) is 10.4 Å². The lowest BCUT2D eigenvalue weighted by atomic mass is 9.85. The van der Waals surface area contributed by atoms with Gasteiger partial charge in [-0.3, -0.25) is 10.2 Å². The first-order chi connectivity index (χ1) is 18.7. The van der Waals surface area contributed by atoms with Crippen LogP contribution in [-0.4, -0.2) is 37.3 Å². The quantitative estimate of drug-likeness (QED) is 0.215. The maximum atomic E-state index is 14.0. The van der Waals surface area contributed by atoms with Crippen molar-refractivity contribution in [3.8, 4) is 11.5 Å². The number of nitrogens with one attached hydrogen (secondary N) is 1. The standard InChI is InChI=1S/C30H27Cl3N2O4/c1-35(28(19-4-11-23(31)12-5-19)20-6-17-26(38-2)27(18-20)39-3)34-29(36)30(37,21-7-13-24(32)14-8-21)22-9-15-25(33)16-10-22/h4-18,28,37H,1-3H3,(H,34,36)/t28-/m1/s1. The molecule has 0 saturated heterocycles. The molecule has 0 saturated carbocycles. The number of ether oxygens (including phenoxy) is 2. The Morgan fingerprint density at radius 2 is 1.18 bits per heavy atom. The molecule has 4 rings (SSSR count). The van der Waals surface area contributed by atoms with Crippen LogP contribution in [0.1, 0.15) is 28.3 Å². The summed E-state index contributed by atoms with van der Waals surface area (Å²) in [5.41, 5.74) is 3.18. The smallest absolute Gasteiger partial charge is 0.275 e. The predicted octanol–water partition coefficient (Wildman–Crippen LogP) is 6.65. The Hall–Kier alpha value is -3.26. The highest BCUT2D eigenvalue weighted by Crippen LogP contribution is 2.36. The average molecular weight is 586 g/mol. The molecule has 2 N–H and O–H groups in total. The second kappa shape index (κ2) is 12.3. The van der Waals surface area contributed by atoms with Crippen molar-refractivity contribution in [3.63, 3.8) is 0 Å². The van der Waals surface area contributed by atoms with Crippen LogP contribution < -0.4 is 14.9 Å². The highest BCUT2D eigenvalue weighted by molar-refractivity contribution is 6.31. The molecule has 9 heteroatoms. The number of carbonyl (C=O) groups excluding carboxylic acids is 1. The van der Waals surface area contributed by atoms with Gasteiger partial charge in [0.15, 0.2) is 17.1 Å². The van der Waals surface area contributed by atoms with Gasteiger partial charge in [0, 0.05) is 22.1 Å². The predicted molar refractivity (Wildman–Crippen MR) is 155 cm³/mol. The maximum absolute atomic E-state index is 14.0. The molecule has 6 nitrogen and oxygen atoms in total. The molecule has 0 heterocycles. The second-order valence-corrected chi connectivity index (χ2v) is 10.2. The van der Waals surface area contributed by atoms with E-state index in [1.807, 2.05) is 24.3 Å². The molecule has 0 aromatic heterocycles. The van der Waals surface area contributed by atoms with E-state index in [4.69, 9.17) is 44.3 Å². The summed E-state index contributed by atoms with van der Waals surface area (Å²) >= 11 is 18.3. The highest BCUT2D eigenvalue weighted by Gasteiger charge is 2.41. The van der Waals surface area contributed by atoms with E-state index in [2.05, 4.69) is 5.43 Å². The molecule has 39 heavy (non-hydrogen) atoms. The van der Waals surface area contributed by atoms with Crippen molar-refractivity contribution in [3.05, 3.63) is 128 Å². The van der Waals surface area contributed by atoms with Crippen molar-refractivity contribution in [1.29, 1.82) is 0 Å². The molecular formula is C30H27Cl3N2O4. The second-order valence-electron chi connectivity index (χ2n) is 8.84. The van der Waals surface area contributed by atoms with Crippen LogP contribution in [0, 0.1) is 0 Å². The van der Waals surface area contributed by atoms with Crippen molar-refractivity contribution in [1.82, 2.24) is 10.4 Å². The fourth-order valence-corrected chi connectivity index (χ4v) is 4.80. The molecule has 4 aromatic carbocycles. The van der Waals surface area contributed by atoms with E-state index >= 15 is 0 Å². The van der Waals surface area contributed by atoms with Crippen LogP contribution in [0.5, 0.6) is 11.5 Å². The lowest BCUT2D eigenvalue weighted by molar-refractivity contribution is -0.142. The Morgan fingerprint density at radius 1 is 0.744 bits per heavy atom. The summed E-state index contributed by atoms with van der Waals surface area (Å²) in [4.78, 5) is 14.0. The van der Waals surface area contributed by atoms with E-state index < -0.39 is 17.6 Å². The number of aliphatic hydroxyl groups is 1. The number of hydrogen-bond acceptors (Lipinski definition) is 5. The molecule has 0 fully saturated rings. The molecule has 0 bridgehead atoms. The first kappa shape index (κ1) is 28.7. The minimum Gasteiger partial charge on any atom is -0.493 e. The van der Waals surface area contributed by atoms with E-state index in [1.165, 1.54) is 0 Å². The number of benzene rings is 4. The zero-order valence-corrected chi connectivity index (χ0v) is 23.8. The van der Waals surface area contributed by atoms with Gasteiger partial charge in [-0.15, -0.1) is 0 Å². The molecule has 0 radical (unpaired) electrons. The Bertz CT molecular complexity index is 1380. The first-order valence-electron chi connectivity index (χ1n) is 11.9. The highest BCUT2D eigenvalue weighted by atomic mass is 35.5. The van der Waals surface area contributed by atoms with Gasteiger partial charge in [-0.25, -0.2) is 5.01 Å². The Balaban J connectivity index is 1.76. The fraction of sp³-hybridized carbons (Fsp3) is 0.167. The number of amides is 1. The number of nitrogens with zero attached hydrogens (tertiary/aromatic N) is 1. The molecular weight excluding hydrogens is 559 g/mol. The summed E-state index contributed by atoms with van der Waals surface area (Å²) in [7, 11) is 4.84. The van der Waals surface area contributed by atoms with Crippen LogP contribution in [0.4, 0.5) is 0 Å². The summed E-state index contributed by atoms with van der Waals surface area (Å²) < 4.78 is 10.9. The van der Waals surface area contributed by atoms with Crippen LogP contribution in [0.15, 0.2) is 91.0 Å². The maximum Gasteiger partial charge on any atom is 0.275 e. The topological polar surface area (TPSA) is 71.0 Å². The normalized spacial score (nSPS) is 12.2. The summed E-state index contributed by atoms with van der Waals surface area (Å²) in [6.07, 6.45) is 0. The van der Waals surface area contributed by atoms with Crippen LogP contribution >= 0.6 is 34.8 Å². The molecule has 0 unspecified atom stereocenters. The number of methoxy groups -OCH3 is 2. The zero-order chi connectivity index (χ0) is 28.2. The van der Waals surface area contributed by atoms with Gasteiger partial charge in [0.1, 0.15) is 0 Å². The van der Waals surface area contributed by atoms with Gasteiger partial charge in [-0.2, -0.15) is 0 Å². The van der Waals surface area contributed by atoms with Gasteiger partial charge in [-0.05, 0) is 70.8 Å². The van der Waals surface area contributed by atoms with Gasteiger partial charge in [0.25, 0.3) is 5.91 Å². The summed E-state index contributed by atoms with van der Waals surface area (Å²) in [5, 5.41) is 15.1. The molecule has 202 valence electrons. The van der Waals surface area contributed by atoms with Crippen molar-refractivity contribution in [2.45, 2.75) is 11.6 Å². The minimum absolute atomic E-state index is 0.342. The lowest BCUT2D eigenvalue weighted by Crippen LogP contribution is -2.52. The number of hydrogen-bond donors (Lipinski definition) is 2. The first-order valence-corrected chi connectivity index (χ1v) is 13.1. The Morgan fingerprint density at radius 3 is 1.64 bits per heavy atom. The minimum atomic E-state index is -2.05. The zero-order valence-electron chi connectivity index (χ0n) is 21.5. The van der Waals surface area contributed by atoms with Crippen molar-refractivity contribution < 1.29 is 19.4 Å². The fourth-order valence-electron chi connectivity index (χ4n) is 4.42. The Kier molecular flexibility index (Phi) is 9.05. The van der Waals surface area contributed by atoms with E-state index in [0.717, 1.165) is 11.1 Å². The van der Waals surface area contributed by atoms with Crippen molar-refractivity contribution in [2.24, 2.45) is 0 Å². The molecule has 0 aliphatic carbocycles. The van der Waals surface area contributed by atoms with Gasteiger partial charge >= 0.3 is 0 Å². The molecule has 0 aliphatic rings. The summed E-state index contributed by atoms with van der Waals surface area (Å²) in [6.45, 7) is 0. The molecule has 4 aromatic rings. The van der Waals surface area contributed by atoms with Crippen molar-refractivity contribution in [2.75, 3.05) is 21.3 Å². The average Bonchev–Trinajstić information content (AvgIpc) is 2.94. The number of hydrazine groups is 1. The molecule has 1 amide bonds. The third-order valence-corrected chi connectivity index (χ3v) is 7.18. The molecule has 1 atom stereocenters. The monoisotopic (exact) mass is 584 g/mol. The number of rotatable bonds is 9. The van der Waals surface area contributed by atoms with E-state index in [-0.39, 0.29) is 0 Å². The van der Waals surface area contributed by atoms with Gasteiger partial charge in [0.2, 0.25) is 0 Å². The van der Waals surface area contributed by atoms with E-state index in [0.29, 0.717) is 37.7 Å². The van der Waals surface area contributed by atoms with Crippen molar-refractivity contribution >= 4 is 40.7 Å². The van der Waals surface area contributed by atoms with Crippen LogP contribution in [0.3, 0.4) is 0 Å². The third kappa shape index (κ3) is 6.16. The number of halogens is 3. The lowest BCUT2D eigenvalue weighted by Gasteiger charge is -2.34. The van der Waals surface area contributed by atoms with Gasteiger partial charge in [0.05, 0.1) is 20.3 Å². The van der Waals surface area contributed by atoms with Crippen LogP contribution in [0.25, 0.3) is 0 Å². The molecule has 0 aliphatic heterocycles. The third-order valence-electron chi connectivity index (χ3n) is 6.43. The largest absolute Gasteiger partial charge is 0.493 e. The SMILES string of the molecule is COc1ccc([C@@H](c2ccc(Cl)cc2)N(C)NC(=O)C(O)(c2ccc(Cl)cc2)c2ccc(Cl)cc2)cc1OC. The van der Waals surface area contributed by atoms with E-state index in [1.54, 1.807) is 93.0 Å².